The topological polar surface area (TPSA) is 88.4 Å². The largest absolute Gasteiger partial charge is 0.329 e. The number of aromatic nitrogens is 2. The summed E-state index contributed by atoms with van der Waals surface area (Å²) < 4.78 is 15.0. The number of amides is 2. The Morgan fingerprint density at radius 1 is 0.939 bits per heavy atom. The van der Waals surface area contributed by atoms with Gasteiger partial charge in [0.2, 0.25) is 0 Å². The van der Waals surface area contributed by atoms with E-state index in [1.165, 1.54) is 18.3 Å². The number of nitrogens with zero attached hydrogens (tertiary/aromatic N) is 3. The molecule has 0 radical (unpaired) electrons. The van der Waals surface area contributed by atoms with Crippen LogP contribution in [0.3, 0.4) is 0 Å². The number of anilines is 1. The van der Waals surface area contributed by atoms with E-state index >= 15 is 0 Å². The lowest BCUT2D eigenvalue weighted by molar-refractivity contribution is -0.136. The minimum absolute atomic E-state index is 0.305. The SMILES string of the molecule is O=C(N/N=C\c1cn(-c2ccccc2)nc1-c1ccc(F)cc1)C(=O)Nc1ccccc1Cl. The number of hydrogen-bond acceptors (Lipinski definition) is 4. The van der Waals surface area contributed by atoms with Crippen LogP contribution in [0.5, 0.6) is 0 Å². The summed E-state index contributed by atoms with van der Waals surface area (Å²) in [6.07, 6.45) is 3.08. The smallest absolute Gasteiger partial charge is 0.316 e. The van der Waals surface area contributed by atoms with Gasteiger partial charge in [0.15, 0.2) is 0 Å². The van der Waals surface area contributed by atoms with E-state index < -0.39 is 11.8 Å². The number of nitrogens with one attached hydrogen (secondary N) is 2. The van der Waals surface area contributed by atoms with Crippen LogP contribution in [0.4, 0.5) is 10.1 Å². The average molecular weight is 462 g/mol. The molecule has 7 nitrogen and oxygen atoms in total. The highest BCUT2D eigenvalue weighted by molar-refractivity contribution is 6.41. The first-order valence-corrected chi connectivity index (χ1v) is 10.2. The van der Waals surface area contributed by atoms with Crippen molar-refractivity contribution in [1.29, 1.82) is 0 Å². The molecule has 4 aromatic rings. The highest BCUT2D eigenvalue weighted by Crippen LogP contribution is 2.23. The van der Waals surface area contributed by atoms with Crippen LogP contribution in [0.15, 0.2) is 90.2 Å². The third kappa shape index (κ3) is 5.31. The Bertz CT molecular complexity index is 1320. The van der Waals surface area contributed by atoms with Gasteiger partial charge in [-0.3, -0.25) is 9.59 Å². The van der Waals surface area contributed by atoms with E-state index in [0.29, 0.717) is 27.5 Å². The van der Waals surface area contributed by atoms with Gasteiger partial charge in [-0.15, -0.1) is 0 Å². The number of carbonyl (C=O) groups excluding carboxylic acids is 2. The summed E-state index contributed by atoms with van der Waals surface area (Å²) in [6.45, 7) is 0. The Hall–Kier alpha value is -4.30. The van der Waals surface area contributed by atoms with Crippen molar-refractivity contribution in [2.24, 2.45) is 5.10 Å². The second kappa shape index (κ2) is 9.88. The van der Waals surface area contributed by atoms with Gasteiger partial charge in [0.25, 0.3) is 0 Å². The molecule has 9 heteroatoms. The van der Waals surface area contributed by atoms with Crippen molar-refractivity contribution >= 4 is 35.3 Å². The highest BCUT2D eigenvalue weighted by Gasteiger charge is 2.15. The van der Waals surface area contributed by atoms with Crippen molar-refractivity contribution in [2.75, 3.05) is 5.32 Å². The van der Waals surface area contributed by atoms with Crippen molar-refractivity contribution in [1.82, 2.24) is 15.2 Å². The van der Waals surface area contributed by atoms with Gasteiger partial charge in [-0.1, -0.05) is 41.9 Å². The summed E-state index contributed by atoms with van der Waals surface area (Å²) in [7, 11) is 0. The number of rotatable bonds is 5. The predicted molar refractivity (Wildman–Crippen MR) is 125 cm³/mol. The minimum atomic E-state index is -0.968. The molecule has 2 amide bonds. The lowest BCUT2D eigenvalue weighted by Gasteiger charge is -2.05. The van der Waals surface area contributed by atoms with Crippen LogP contribution in [-0.2, 0) is 9.59 Å². The molecule has 0 spiro atoms. The molecule has 4 rings (SSSR count). The van der Waals surface area contributed by atoms with E-state index in [1.54, 1.807) is 47.3 Å². The van der Waals surface area contributed by atoms with Crippen LogP contribution < -0.4 is 10.7 Å². The summed E-state index contributed by atoms with van der Waals surface area (Å²) >= 11 is 5.99. The maximum atomic E-state index is 13.4. The number of hydrogen-bond donors (Lipinski definition) is 2. The molecule has 33 heavy (non-hydrogen) atoms. The molecule has 0 atom stereocenters. The van der Waals surface area contributed by atoms with Crippen LogP contribution in [0.25, 0.3) is 16.9 Å². The van der Waals surface area contributed by atoms with Gasteiger partial charge in [-0.2, -0.15) is 10.2 Å². The van der Waals surface area contributed by atoms with Gasteiger partial charge in [0.05, 0.1) is 22.6 Å². The molecule has 0 saturated carbocycles. The maximum absolute atomic E-state index is 13.4. The van der Waals surface area contributed by atoms with Crippen LogP contribution in [-0.4, -0.2) is 27.8 Å². The molecule has 0 aliphatic carbocycles. The van der Waals surface area contributed by atoms with Gasteiger partial charge in [-0.05, 0) is 48.5 Å². The van der Waals surface area contributed by atoms with E-state index in [2.05, 4.69) is 20.9 Å². The monoisotopic (exact) mass is 461 g/mol. The molecule has 0 bridgehead atoms. The Labute approximate surface area is 193 Å². The van der Waals surface area contributed by atoms with Crippen molar-refractivity contribution < 1.29 is 14.0 Å². The van der Waals surface area contributed by atoms with E-state index in [-0.39, 0.29) is 5.82 Å². The average Bonchev–Trinajstić information content (AvgIpc) is 3.25. The summed E-state index contributed by atoms with van der Waals surface area (Å²) in [5.41, 5.74) is 5.05. The van der Waals surface area contributed by atoms with Gasteiger partial charge in [-0.25, -0.2) is 14.5 Å². The summed E-state index contributed by atoms with van der Waals surface area (Å²) in [4.78, 5) is 24.2. The van der Waals surface area contributed by atoms with Gasteiger partial charge >= 0.3 is 11.8 Å². The molecule has 1 aromatic heterocycles. The molecular formula is C24H17ClFN5O2. The quantitative estimate of drug-likeness (QED) is 0.262. The first-order valence-electron chi connectivity index (χ1n) is 9.81. The molecule has 2 N–H and O–H groups in total. The molecule has 1 heterocycles. The predicted octanol–water partition coefficient (Wildman–Crippen LogP) is 4.42. The first kappa shape index (κ1) is 21.9. The van der Waals surface area contributed by atoms with Crippen LogP contribution in [0.1, 0.15) is 5.56 Å². The third-order valence-corrected chi connectivity index (χ3v) is 4.91. The molecule has 0 fully saturated rings. The van der Waals surface area contributed by atoms with Crippen LogP contribution >= 0.6 is 11.6 Å². The Morgan fingerprint density at radius 2 is 1.64 bits per heavy atom. The van der Waals surface area contributed by atoms with Crippen molar-refractivity contribution in [3.8, 4) is 16.9 Å². The number of halogens is 2. The Balaban J connectivity index is 1.54. The fourth-order valence-corrected chi connectivity index (χ4v) is 3.16. The van der Waals surface area contributed by atoms with Crippen molar-refractivity contribution in [3.05, 3.63) is 101 Å². The van der Waals surface area contributed by atoms with E-state index in [9.17, 15) is 14.0 Å². The molecule has 0 aliphatic rings. The zero-order valence-electron chi connectivity index (χ0n) is 17.1. The third-order valence-electron chi connectivity index (χ3n) is 4.58. The molecule has 0 unspecified atom stereocenters. The summed E-state index contributed by atoms with van der Waals surface area (Å²) in [6, 6.07) is 21.8. The number of hydrazone groups is 1. The molecule has 164 valence electrons. The fourth-order valence-electron chi connectivity index (χ4n) is 2.98. The second-order valence-corrected chi connectivity index (χ2v) is 7.26. The lowest BCUT2D eigenvalue weighted by atomic mass is 10.1. The normalized spacial score (nSPS) is 10.8. The van der Waals surface area contributed by atoms with Crippen LogP contribution in [0, 0.1) is 5.82 Å². The van der Waals surface area contributed by atoms with E-state index in [4.69, 9.17) is 11.6 Å². The van der Waals surface area contributed by atoms with E-state index in [1.807, 2.05) is 30.3 Å². The van der Waals surface area contributed by atoms with Gasteiger partial charge in [0.1, 0.15) is 11.5 Å². The minimum Gasteiger partial charge on any atom is -0.316 e. The molecule has 0 aliphatic heterocycles. The summed E-state index contributed by atoms with van der Waals surface area (Å²) in [5.74, 6) is -2.25. The zero-order valence-corrected chi connectivity index (χ0v) is 17.8. The lowest BCUT2D eigenvalue weighted by Crippen LogP contribution is -2.32. The second-order valence-electron chi connectivity index (χ2n) is 6.85. The zero-order chi connectivity index (χ0) is 23.2. The Morgan fingerprint density at radius 3 is 2.36 bits per heavy atom. The van der Waals surface area contributed by atoms with Crippen molar-refractivity contribution in [2.45, 2.75) is 0 Å². The first-order chi connectivity index (χ1) is 16.0. The molecular weight excluding hydrogens is 445 g/mol. The summed E-state index contributed by atoms with van der Waals surface area (Å²) in [5, 5.41) is 11.2. The van der Waals surface area contributed by atoms with Crippen LogP contribution in [0.2, 0.25) is 5.02 Å². The maximum Gasteiger partial charge on any atom is 0.329 e. The number of para-hydroxylation sites is 2. The fraction of sp³-hybridized carbons (Fsp3) is 0. The highest BCUT2D eigenvalue weighted by atomic mass is 35.5. The molecule has 3 aromatic carbocycles. The number of carbonyl (C=O) groups is 2. The number of benzene rings is 3. The van der Waals surface area contributed by atoms with Gasteiger partial charge in [0, 0.05) is 17.3 Å². The standard InChI is InChI=1S/C24H17ClFN5O2/c25-20-8-4-5-9-21(20)28-23(32)24(33)29-27-14-17-15-31(19-6-2-1-3-7-19)30-22(17)16-10-12-18(26)13-11-16/h1-15H,(H,28,32)(H,29,33)/b27-14-. The Kier molecular flexibility index (Phi) is 6.56. The molecule has 0 saturated heterocycles. The van der Waals surface area contributed by atoms with E-state index in [0.717, 1.165) is 5.69 Å². The van der Waals surface area contributed by atoms with Crippen molar-refractivity contribution in [3.63, 3.8) is 0 Å². The van der Waals surface area contributed by atoms with Gasteiger partial charge < -0.3 is 5.32 Å².